The maximum atomic E-state index is 5.90. The summed E-state index contributed by atoms with van der Waals surface area (Å²) in [6, 6.07) is 6.18. The summed E-state index contributed by atoms with van der Waals surface area (Å²) < 4.78 is 7.78. The Morgan fingerprint density at radius 1 is 1.19 bits per heavy atom. The minimum Gasteiger partial charge on any atom is -0.494 e. The van der Waals surface area contributed by atoms with Crippen molar-refractivity contribution in [3.63, 3.8) is 0 Å². The van der Waals surface area contributed by atoms with E-state index in [0.29, 0.717) is 5.95 Å². The van der Waals surface area contributed by atoms with E-state index >= 15 is 0 Å². The van der Waals surface area contributed by atoms with E-state index in [1.165, 1.54) is 24.8 Å². The van der Waals surface area contributed by atoms with Crippen LogP contribution in [0.1, 0.15) is 44.0 Å². The van der Waals surface area contributed by atoms with Gasteiger partial charge < -0.3 is 10.5 Å². The van der Waals surface area contributed by atoms with Crippen molar-refractivity contribution in [2.24, 2.45) is 0 Å². The van der Waals surface area contributed by atoms with Gasteiger partial charge in [0.05, 0.1) is 12.3 Å². The fourth-order valence-corrected chi connectivity index (χ4v) is 2.79. The highest BCUT2D eigenvalue weighted by molar-refractivity contribution is 5.51. The maximum absolute atomic E-state index is 5.90. The maximum Gasteiger partial charge on any atom is 0.226 e. The molecule has 0 saturated heterocycles. The molecule has 0 aliphatic carbocycles. The summed E-state index contributed by atoms with van der Waals surface area (Å²) >= 11 is 0. The van der Waals surface area contributed by atoms with Gasteiger partial charge in [-0.1, -0.05) is 26.2 Å². The number of aryl methyl sites for hydroxylation is 2. The third-order valence-electron chi connectivity index (χ3n) is 3.93. The first-order valence-electron chi connectivity index (χ1n) is 7.75. The molecule has 0 radical (unpaired) electrons. The Kier molecular flexibility index (Phi) is 4.08. The predicted molar refractivity (Wildman–Crippen MR) is 82.8 cm³/mol. The summed E-state index contributed by atoms with van der Waals surface area (Å²) in [4.78, 5) is 0. The van der Waals surface area contributed by atoms with Crippen LogP contribution in [0.5, 0.6) is 5.75 Å². The van der Waals surface area contributed by atoms with Crippen molar-refractivity contribution < 1.29 is 4.74 Å². The van der Waals surface area contributed by atoms with Crippen LogP contribution in [-0.4, -0.2) is 21.4 Å². The van der Waals surface area contributed by atoms with Crippen molar-refractivity contribution in [3.8, 4) is 11.4 Å². The summed E-state index contributed by atoms with van der Waals surface area (Å²) in [5, 5.41) is 8.07. The minimum absolute atomic E-state index is 0.458. The van der Waals surface area contributed by atoms with E-state index in [9.17, 15) is 0 Å². The zero-order valence-corrected chi connectivity index (χ0v) is 12.5. The first kappa shape index (κ1) is 13.9. The number of rotatable bonds is 6. The van der Waals surface area contributed by atoms with Crippen LogP contribution in [0.25, 0.3) is 5.69 Å². The molecule has 1 aliphatic rings. The summed E-state index contributed by atoms with van der Waals surface area (Å²) in [5.74, 6) is 2.34. The number of ether oxygens (including phenoxy) is 1. The minimum atomic E-state index is 0.458. The van der Waals surface area contributed by atoms with Crippen molar-refractivity contribution in [1.29, 1.82) is 0 Å². The highest BCUT2D eigenvalue weighted by Crippen LogP contribution is 2.29. The largest absolute Gasteiger partial charge is 0.494 e. The second-order valence-corrected chi connectivity index (χ2v) is 5.51. The van der Waals surface area contributed by atoms with E-state index in [4.69, 9.17) is 10.5 Å². The van der Waals surface area contributed by atoms with Crippen LogP contribution in [0.2, 0.25) is 0 Å². The Hall–Kier alpha value is -2.04. The van der Waals surface area contributed by atoms with Crippen molar-refractivity contribution in [3.05, 3.63) is 29.6 Å². The number of aromatic nitrogens is 3. The third-order valence-corrected chi connectivity index (χ3v) is 3.93. The summed E-state index contributed by atoms with van der Waals surface area (Å²) in [5.41, 5.74) is 8.23. The molecule has 5 heteroatoms. The molecular formula is C16H22N4O. The molecule has 5 nitrogen and oxygen atoms in total. The van der Waals surface area contributed by atoms with Gasteiger partial charge in [-0.3, -0.25) is 4.57 Å². The van der Waals surface area contributed by atoms with Crippen LogP contribution in [-0.2, 0) is 12.8 Å². The number of hydrogen-bond donors (Lipinski definition) is 1. The number of fused-ring (bicyclic) bond motifs is 3. The fourth-order valence-electron chi connectivity index (χ4n) is 2.79. The van der Waals surface area contributed by atoms with Gasteiger partial charge in [-0.15, -0.1) is 10.2 Å². The van der Waals surface area contributed by atoms with E-state index in [2.05, 4.69) is 29.3 Å². The molecule has 1 aromatic carbocycles. The molecule has 2 aromatic rings. The number of hydrogen-bond acceptors (Lipinski definition) is 4. The summed E-state index contributed by atoms with van der Waals surface area (Å²) in [6.45, 7) is 3.01. The zero-order chi connectivity index (χ0) is 14.7. The molecule has 3 rings (SSSR count). The SMILES string of the molecule is CCCCCCOc1ccc2c(c1)CCc1nnc(N)n1-2. The molecule has 112 valence electrons. The molecule has 2 heterocycles. The third kappa shape index (κ3) is 2.86. The Labute approximate surface area is 125 Å². The zero-order valence-electron chi connectivity index (χ0n) is 12.5. The number of nitrogen functional groups attached to an aromatic ring is 1. The number of anilines is 1. The van der Waals surface area contributed by atoms with Gasteiger partial charge in [-0.25, -0.2) is 0 Å². The Morgan fingerprint density at radius 3 is 2.95 bits per heavy atom. The highest BCUT2D eigenvalue weighted by Gasteiger charge is 2.20. The van der Waals surface area contributed by atoms with Crippen molar-refractivity contribution in [2.45, 2.75) is 45.4 Å². The average molecular weight is 286 g/mol. The summed E-state index contributed by atoms with van der Waals surface area (Å²) in [7, 11) is 0. The highest BCUT2D eigenvalue weighted by atomic mass is 16.5. The molecule has 0 bridgehead atoms. The molecule has 0 fully saturated rings. The molecule has 0 amide bonds. The van der Waals surface area contributed by atoms with Crippen LogP contribution in [0.4, 0.5) is 5.95 Å². The van der Waals surface area contributed by atoms with Crippen molar-refractivity contribution in [1.82, 2.24) is 14.8 Å². The fraction of sp³-hybridized carbons (Fsp3) is 0.500. The van der Waals surface area contributed by atoms with E-state index < -0.39 is 0 Å². The lowest BCUT2D eigenvalue weighted by molar-refractivity contribution is 0.304. The normalized spacial score (nSPS) is 12.8. The standard InChI is InChI=1S/C16H22N4O/c1-2-3-4-5-10-21-13-7-8-14-12(11-13)6-9-15-18-19-16(17)20(14)15/h7-8,11H,2-6,9-10H2,1H3,(H2,17,19). The lowest BCUT2D eigenvalue weighted by Gasteiger charge is -2.19. The van der Waals surface area contributed by atoms with Crippen LogP contribution in [0, 0.1) is 0 Å². The van der Waals surface area contributed by atoms with Crippen LogP contribution in [0.3, 0.4) is 0 Å². The van der Waals surface area contributed by atoms with Crippen molar-refractivity contribution >= 4 is 5.95 Å². The predicted octanol–water partition coefficient (Wildman–Crippen LogP) is 2.91. The second-order valence-electron chi connectivity index (χ2n) is 5.51. The van der Waals surface area contributed by atoms with Crippen LogP contribution in [0.15, 0.2) is 18.2 Å². The van der Waals surface area contributed by atoms with Gasteiger partial charge >= 0.3 is 0 Å². The number of nitrogens with zero attached hydrogens (tertiary/aromatic N) is 3. The molecule has 0 unspecified atom stereocenters. The number of unbranched alkanes of at least 4 members (excludes halogenated alkanes) is 3. The smallest absolute Gasteiger partial charge is 0.226 e. The summed E-state index contributed by atoms with van der Waals surface area (Å²) in [6.07, 6.45) is 6.72. The van der Waals surface area contributed by atoms with Crippen LogP contribution >= 0.6 is 0 Å². The first-order valence-corrected chi connectivity index (χ1v) is 7.75. The van der Waals surface area contributed by atoms with E-state index in [-0.39, 0.29) is 0 Å². The molecule has 21 heavy (non-hydrogen) atoms. The van der Waals surface area contributed by atoms with Gasteiger partial charge in [-0.2, -0.15) is 0 Å². The van der Waals surface area contributed by atoms with Gasteiger partial charge in [0.2, 0.25) is 5.95 Å². The van der Waals surface area contributed by atoms with E-state index in [1.807, 2.05) is 10.6 Å². The average Bonchev–Trinajstić information content (AvgIpc) is 2.89. The molecule has 1 aromatic heterocycles. The second kappa shape index (κ2) is 6.16. The number of nitrogens with two attached hydrogens (primary N) is 1. The van der Waals surface area contributed by atoms with Gasteiger partial charge in [0.25, 0.3) is 0 Å². The van der Waals surface area contributed by atoms with Gasteiger partial charge in [0.15, 0.2) is 0 Å². The van der Waals surface area contributed by atoms with E-state index in [1.54, 1.807) is 0 Å². The Balaban J connectivity index is 1.70. The molecule has 0 spiro atoms. The van der Waals surface area contributed by atoms with Gasteiger partial charge in [0.1, 0.15) is 11.6 Å². The van der Waals surface area contributed by atoms with Gasteiger partial charge in [0, 0.05) is 6.42 Å². The molecule has 1 aliphatic heterocycles. The lowest BCUT2D eigenvalue weighted by atomic mass is 10.0. The molecule has 2 N–H and O–H groups in total. The van der Waals surface area contributed by atoms with Crippen LogP contribution < -0.4 is 10.5 Å². The van der Waals surface area contributed by atoms with Gasteiger partial charge in [-0.05, 0) is 36.6 Å². The Bertz CT molecular complexity index is 621. The Morgan fingerprint density at radius 2 is 2.10 bits per heavy atom. The molecule has 0 saturated carbocycles. The quantitative estimate of drug-likeness (QED) is 0.829. The monoisotopic (exact) mass is 286 g/mol. The number of benzene rings is 1. The van der Waals surface area contributed by atoms with E-state index in [0.717, 1.165) is 43.1 Å². The molecule has 0 atom stereocenters. The topological polar surface area (TPSA) is 66.0 Å². The van der Waals surface area contributed by atoms with Crippen molar-refractivity contribution in [2.75, 3.05) is 12.3 Å². The molecular weight excluding hydrogens is 264 g/mol. The first-order chi connectivity index (χ1) is 10.3. The lowest BCUT2D eigenvalue weighted by Crippen LogP contribution is -2.14.